The first-order valence-electron chi connectivity index (χ1n) is 10.4. The summed E-state index contributed by atoms with van der Waals surface area (Å²) in [5, 5.41) is 4.00. The molecule has 0 radical (unpaired) electrons. The molecule has 0 N–H and O–H groups in total. The third-order valence-corrected chi connectivity index (χ3v) is 6.04. The minimum Gasteiger partial charge on any atom is -0.360 e. The number of Topliss-reactive ketones (excluding diaryl/α,β-unsaturated/α-hetero) is 1. The van der Waals surface area contributed by atoms with Gasteiger partial charge in [0.25, 0.3) is 0 Å². The number of aryl methyl sites for hydroxylation is 2. The minimum atomic E-state index is -4.49. The molecule has 3 aromatic rings. The highest BCUT2D eigenvalue weighted by Crippen LogP contribution is 2.33. The smallest absolute Gasteiger partial charge is 0.360 e. The number of piperazine rings is 1. The van der Waals surface area contributed by atoms with Crippen LogP contribution < -0.4 is 4.90 Å². The molecule has 1 fully saturated rings. The molecular formula is C22H23ClF3N5O2. The Labute approximate surface area is 193 Å². The molecule has 7 nitrogen and oxygen atoms in total. The summed E-state index contributed by atoms with van der Waals surface area (Å²) < 4.78 is 45.6. The monoisotopic (exact) mass is 481 g/mol. The molecule has 176 valence electrons. The van der Waals surface area contributed by atoms with Gasteiger partial charge in [0, 0.05) is 55.4 Å². The van der Waals surface area contributed by atoms with Crippen LogP contribution in [0.1, 0.15) is 33.1 Å². The number of alkyl halides is 3. The first-order chi connectivity index (χ1) is 15.5. The first kappa shape index (κ1) is 23.3. The Kier molecular flexibility index (Phi) is 6.24. The van der Waals surface area contributed by atoms with E-state index >= 15 is 0 Å². The Morgan fingerprint density at radius 3 is 2.39 bits per heavy atom. The molecular weight excluding hydrogens is 459 g/mol. The van der Waals surface area contributed by atoms with E-state index in [-0.39, 0.29) is 17.4 Å². The lowest BCUT2D eigenvalue weighted by molar-refractivity contribution is -0.137. The second-order valence-corrected chi connectivity index (χ2v) is 8.54. The second kappa shape index (κ2) is 8.83. The maximum Gasteiger partial charge on any atom is 0.417 e. The number of hydrogen-bond acceptors (Lipinski definition) is 6. The number of pyridine rings is 1. The van der Waals surface area contributed by atoms with Gasteiger partial charge in [-0.2, -0.15) is 13.2 Å². The predicted octanol–water partition coefficient (Wildman–Crippen LogP) is 4.46. The van der Waals surface area contributed by atoms with Crippen LogP contribution in [-0.2, 0) is 6.18 Å². The van der Waals surface area contributed by atoms with Crippen molar-refractivity contribution >= 4 is 23.2 Å². The van der Waals surface area contributed by atoms with Crippen LogP contribution >= 0.6 is 11.6 Å². The van der Waals surface area contributed by atoms with Gasteiger partial charge >= 0.3 is 6.18 Å². The van der Waals surface area contributed by atoms with E-state index in [1.807, 2.05) is 47.3 Å². The van der Waals surface area contributed by atoms with E-state index in [4.69, 9.17) is 16.1 Å². The molecule has 33 heavy (non-hydrogen) atoms. The summed E-state index contributed by atoms with van der Waals surface area (Å²) in [6.07, 6.45) is -3.70. The molecule has 0 saturated carbocycles. The van der Waals surface area contributed by atoms with Gasteiger partial charge in [-0.3, -0.25) is 14.3 Å². The van der Waals surface area contributed by atoms with E-state index in [9.17, 15) is 18.0 Å². The summed E-state index contributed by atoms with van der Waals surface area (Å²) >= 11 is 6.07. The molecule has 0 aliphatic carbocycles. The molecule has 0 amide bonds. The third-order valence-electron chi connectivity index (χ3n) is 5.76. The minimum absolute atomic E-state index is 0.00583. The van der Waals surface area contributed by atoms with Gasteiger partial charge in [-0.1, -0.05) is 16.8 Å². The summed E-state index contributed by atoms with van der Waals surface area (Å²) in [6.45, 7) is 7.96. The van der Waals surface area contributed by atoms with Gasteiger partial charge in [-0.15, -0.1) is 0 Å². The summed E-state index contributed by atoms with van der Waals surface area (Å²) in [4.78, 5) is 20.8. The Morgan fingerprint density at radius 2 is 1.82 bits per heavy atom. The normalized spacial score (nSPS) is 15.3. The lowest BCUT2D eigenvalue weighted by Crippen LogP contribution is -2.48. The SMILES string of the molecule is Cc1cc(-n2c(C)cc(C(=O)CN3CCN(c4ncc(C(F)(F)F)cc4Cl)CC3)c2C)no1. The van der Waals surface area contributed by atoms with Crippen LogP contribution in [0.2, 0.25) is 5.02 Å². The zero-order valence-corrected chi connectivity index (χ0v) is 19.2. The van der Waals surface area contributed by atoms with Crippen LogP contribution in [0, 0.1) is 20.8 Å². The molecule has 0 unspecified atom stereocenters. The van der Waals surface area contributed by atoms with Gasteiger partial charge in [0.1, 0.15) is 11.6 Å². The zero-order valence-electron chi connectivity index (χ0n) is 18.4. The molecule has 11 heteroatoms. The summed E-state index contributed by atoms with van der Waals surface area (Å²) in [6, 6.07) is 4.56. The lowest BCUT2D eigenvalue weighted by atomic mass is 10.1. The first-order valence-corrected chi connectivity index (χ1v) is 10.8. The Bertz CT molecular complexity index is 1180. The molecule has 0 atom stereocenters. The van der Waals surface area contributed by atoms with Gasteiger partial charge in [0.2, 0.25) is 0 Å². The quantitative estimate of drug-likeness (QED) is 0.501. The molecule has 0 aromatic carbocycles. The van der Waals surface area contributed by atoms with Crippen molar-refractivity contribution < 1.29 is 22.5 Å². The van der Waals surface area contributed by atoms with E-state index in [1.165, 1.54) is 0 Å². The van der Waals surface area contributed by atoms with Crippen molar-refractivity contribution in [2.75, 3.05) is 37.6 Å². The number of nitrogens with zero attached hydrogens (tertiary/aromatic N) is 5. The van der Waals surface area contributed by atoms with E-state index in [2.05, 4.69) is 10.1 Å². The molecule has 4 rings (SSSR count). The zero-order chi connectivity index (χ0) is 23.9. The van der Waals surface area contributed by atoms with E-state index in [0.717, 1.165) is 23.7 Å². The average Bonchev–Trinajstić information content (AvgIpc) is 3.30. The standard InChI is InChI=1S/C22H23ClF3N5O2/c1-13-8-17(15(3)31(13)20-9-14(2)33-28-20)19(32)12-29-4-6-30(7-5-29)21-18(23)10-16(11-27-21)22(24,25)26/h8-11H,4-7,12H2,1-3H3. The van der Waals surface area contributed by atoms with Crippen molar-refractivity contribution in [2.24, 2.45) is 0 Å². The highest BCUT2D eigenvalue weighted by molar-refractivity contribution is 6.33. The Hall–Kier alpha value is -2.85. The number of aromatic nitrogens is 3. The second-order valence-electron chi connectivity index (χ2n) is 8.13. The Morgan fingerprint density at radius 1 is 1.12 bits per heavy atom. The van der Waals surface area contributed by atoms with Crippen LogP contribution in [0.15, 0.2) is 28.9 Å². The highest BCUT2D eigenvalue weighted by atomic mass is 35.5. The average molecular weight is 482 g/mol. The van der Waals surface area contributed by atoms with Crippen LogP contribution in [0.4, 0.5) is 19.0 Å². The molecule has 1 aliphatic rings. The molecule has 0 spiro atoms. The van der Waals surface area contributed by atoms with Gasteiger partial charge in [0.15, 0.2) is 11.6 Å². The van der Waals surface area contributed by atoms with Crippen LogP contribution in [0.25, 0.3) is 5.82 Å². The maximum atomic E-state index is 13.0. The number of carbonyl (C=O) groups is 1. The fourth-order valence-electron chi connectivity index (χ4n) is 4.08. The largest absolute Gasteiger partial charge is 0.417 e. The van der Waals surface area contributed by atoms with Crippen LogP contribution in [0.5, 0.6) is 0 Å². The van der Waals surface area contributed by atoms with Crippen LogP contribution in [0.3, 0.4) is 0 Å². The Balaban J connectivity index is 1.40. The third kappa shape index (κ3) is 4.77. The predicted molar refractivity (Wildman–Crippen MR) is 117 cm³/mol. The van der Waals surface area contributed by atoms with Crippen molar-refractivity contribution in [1.82, 2.24) is 19.6 Å². The number of carbonyl (C=O) groups excluding carboxylic acids is 1. The molecule has 4 heterocycles. The molecule has 1 aliphatic heterocycles. The van der Waals surface area contributed by atoms with Gasteiger partial charge in [-0.25, -0.2) is 4.98 Å². The van der Waals surface area contributed by atoms with Crippen molar-refractivity contribution in [2.45, 2.75) is 26.9 Å². The van der Waals surface area contributed by atoms with Gasteiger partial charge in [-0.05, 0) is 32.9 Å². The number of hydrogen-bond donors (Lipinski definition) is 0. The highest BCUT2D eigenvalue weighted by Gasteiger charge is 2.32. The molecule has 3 aromatic heterocycles. The maximum absolute atomic E-state index is 13.0. The van der Waals surface area contributed by atoms with Gasteiger partial charge < -0.3 is 9.42 Å². The van der Waals surface area contributed by atoms with Crippen LogP contribution in [-0.4, -0.2) is 58.1 Å². The number of halogens is 4. The van der Waals surface area contributed by atoms with Crippen molar-refractivity contribution in [3.05, 3.63) is 57.7 Å². The fourth-order valence-corrected chi connectivity index (χ4v) is 4.37. The topological polar surface area (TPSA) is 67.4 Å². The number of rotatable bonds is 5. The number of ketones is 1. The van der Waals surface area contributed by atoms with E-state index < -0.39 is 11.7 Å². The lowest BCUT2D eigenvalue weighted by Gasteiger charge is -2.35. The number of anilines is 1. The summed E-state index contributed by atoms with van der Waals surface area (Å²) in [5.74, 6) is 1.64. The summed E-state index contributed by atoms with van der Waals surface area (Å²) in [7, 11) is 0. The van der Waals surface area contributed by atoms with E-state index in [1.54, 1.807) is 0 Å². The molecule has 0 bridgehead atoms. The van der Waals surface area contributed by atoms with Crippen molar-refractivity contribution in [3.63, 3.8) is 0 Å². The summed E-state index contributed by atoms with van der Waals surface area (Å²) in [5.41, 5.74) is 1.43. The fraction of sp³-hybridized carbons (Fsp3) is 0.409. The van der Waals surface area contributed by atoms with Crippen molar-refractivity contribution in [1.29, 1.82) is 0 Å². The van der Waals surface area contributed by atoms with Gasteiger partial charge in [0.05, 0.1) is 17.1 Å². The van der Waals surface area contributed by atoms with E-state index in [0.29, 0.717) is 49.1 Å². The molecule has 1 saturated heterocycles. The van der Waals surface area contributed by atoms with Crippen molar-refractivity contribution in [3.8, 4) is 5.82 Å².